The van der Waals surface area contributed by atoms with Crippen LogP contribution in [-0.4, -0.2) is 18.2 Å². The molecule has 1 aliphatic rings. The van der Waals surface area contributed by atoms with Gasteiger partial charge in [-0.25, -0.2) is 0 Å². The zero-order valence-corrected chi connectivity index (χ0v) is 11.7. The van der Waals surface area contributed by atoms with Crippen molar-refractivity contribution >= 4 is 11.7 Å². The van der Waals surface area contributed by atoms with Gasteiger partial charge in [-0.1, -0.05) is 26.0 Å². The minimum Gasteiger partial charge on any atom is -0.349 e. The van der Waals surface area contributed by atoms with E-state index in [1.165, 1.54) is 11.1 Å². The number of hydrogen-bond donors (Lipinski definition) is 1. The molecular weight excluding hydrogens is 238 g/mol. The SMILES string of the molecule is CC(C)CCNC(=O)C(=O)c1ccc2c(c1)CCC2. The lowest BCUT2D eigenvalue weighted by Gasteiger charge is -2.07. The highest BCUT2D eigenvalue weighted by atomic mass is 16.2. The van der Waals surface area contributed by atoms with Gasteiger partial charge in [0.05, 0.1) is 0 Å². The number of rotatable bonds is 5. The van der Waals surface area contributed by atoms with Gasteiger partial charge in [0.15, 0.2) is 0 Å². The molecule has 0 bridgehead atoms. The van der Waals surface area contributed by atoms with Gasteiger partial charge >= 0.3 is 0 Å². The lowest BCUT2D eigenvalue weighted by molar-refractivity contribution is -0.117. The second-order valence-electron chi connectivity index (χ2n) is 5.60. The van der Waals surface area contributed by atoms with Gasteiger partial charge in [0, 0.05) is 12.1 Å². The first-order valence-electron chi connectivity index (χ1n) is 7.02. The molecule has 0 atom stereocenters. The van der Waals surface area contributed by atoms with Crippen molar-refractivity contribution in [2.24, 2.45) is 5.92 Å². The van der Waals surface area contributed by atoms with E-state index in [1.54, 1.807) is 6.07 Å². The van der Waals surface area contributed by atoms with E-state index in [0.29, 0.717) is 18.0 Å². The fourth-order valence-electron chi connectivity index (χ4n) is 2.40. The Morgan fingerprint density at radius 3 is 2.68 bits per heavy atom. The van der Waals surface area contributed by atoms with Crippen LogP contribution in [0.5, 0.6) is 0 Å². The Morgan fingerprint density at radius 2 is 1.95 bits per heavy atom. The lowest BCUT2D eigenvalue weighted by atomic mass is 10.0. The van der Waals surface area contributed by atoms with Crippen molar-refractivity contribution in [3.63, 3.8) is 0 Å². The Kier molecular flexibility index (Phi) is 4.35. The van der Waals surface area contributed by atoms with Crippen molar-refractivity contribution in [1.29, 1.82) is 0 Å². The van der Waals surface area contributed by atoms with E-state index in [9.17, 15) is 9.59 Å². The highest BCUT2D eigenvalue weighted by Gasteiger charge is 2.18. The summed E-state index contributed by atoms with van der Waals surface area (Å²) >= 11 is 0. The molecule has 0 radical (unpaired) electrons. The van der Waals surface area contributed by atoms with E-state index in [4.69, 9.17) is 0 Å². The van der Waals surface area contributed by atoms with Crippen LogP contribution in [0.1, 0.15) is 48.2 Å². The van der Waals surface area contributed by atoms with E-state index < -0.39 is 11.7 Å². The molecule has 3 heteroatoms. The molecule has 0 aromatic heterocycles. The Balaban J connectivity index is 1.97. The number of Topliss-reactive ketones (excluding diaryl/α,β-unsaturated/α-hetero) is 1. The minimum atomic E-state index is -0.487. The standard InChI is InChI=1S/C16H21NO2/c1-11(2)8-9-17-16(19)15(18)14-7-6-12-4-3-5-13(12)10-14/h6-7,10-11H,3-5,8-9H2,1-2H3,(H,17,19). The monoisotopic (exact) mass is 259 g/mol. The molecule has 1 aliphatic carbocycles. The number of benzene rings is 1. The van der Waals surface area contributed by atoms with Crippen LogP contribution in [0.3, 0.4) is 0 Å². The summed E-state index contributed by atoms with van der Waals surface area (Å²) in [6.45, 7) is 4.75. The lowest BCUT2D eigenvalue weighted by Crippen LogP contribution is -2.32. The number of hydrogen-bond acceptors (Lipinski definition) is 2. The number of carbonyl (C=O) groups excluding carboxylic acids is 2. The van der Waals surface area contributed by atoms with Crippen LogP contribution in [0.15, 0.2) is 18.2 Å². The van der Waals surface area contributed by atoms with Crippen molar-refractivity contribution in [1.82, 2.24) is 5.32 Å². The Morgan fingerprint density at radius 1 is 1.21 bits per heavy atom. The first-order chi connectivity index (χ1) is 9.08. The van der Waals surface area contributed by atoms with E-state index in [0.717, 1.165) is 25.7 Å². The van der Waals surface area contributed by atoms with Crippen LogP contribution >= 0.6 is 0 Å². The molecule has 1 aromatic carbocycles. The molecule has 1 N–H and O–H groups in total. The molecule has 1 amide bonds. The Hall–Kier alpha value is -1.64. The fourth-order valence-corrected chi connectivity index (χ4v) is 2.40. The number of aryl methyl sites for hydroxylation is 2. The van der Waals surface area contributed by atoms with Crippen molar-refractivity contribution in [2.45, 2.75) is 39.5 Å². The molecule has 0 saturated carbocycles. The summed E-state index contributed by atoms with van der Waals surface area (Å²) in [6, 6.07) is 5.64. The van der Waals surface area contributed by atoms with E-state index >= 15 is 0 Å². The Labute approximate surface area is 114 Å². The molecule has 0 unspecified atom stereocenters. The molecule has 19 heavy (non-hydrogen) atoms. The second kappa shape index (κ2) is 6.00. The molecule has 0 spiro atoms. The average molecular weight is 259 g/mol. The predicted molar refractivity (Wildman–Crippen MR) is 75.3 cm³/mol. The molecule has 0 saturated heterocycles. The zero-order valence-electron chi connectivity index (χ0n) is 11.7. The van der Waals surface area contributed by atoms with Crippen LogP contribution < -0.4 is 5.32 Å². The van der Waals surface area contributed by atoms with Crippen LogP contribution in [-0.2, 0) is 17.6 Å². The van der Waals surface area contributed by atoms with Crippen LogP contribution in [0.2, 0.25) is 0 Å². The average Bonchev–Trinajstić information content (AvgIpc) is 2.84. The van der Waals surface area contributed by atoms with E-state index in [-0.39, 0.29) is 0 Å². The second-order valence-corrected chi connectivity index (χ2v) is 5.60. The summed E-state index contributed by atoms with van der Waals surface area (Å²) in [7, 11) is 0. The molecule has 0 heterocycles. The topological polar surface area (TPSA) is 46.2 Å². The minimum absolute atomic E-state index is 0.418. The maximum Gasteiger partial charge on any atom is 0.292 e. The summed E-state index contributed by atoms with van der Waals surface area (Å²) < 4.78 is 0. The van der Waals surface area contributed by atoms with Crippen LogP contribution in [0.4, 0.5) is 0 Å². The van der Waals surface area contributed by atoms with Gasteiger partial charge in [-0.2, -0.15) is 0 Å². The zero-order chi connectivity index (χ0) is 13.8. The normalized spacial score (nSPS) is 13.4. The quantitative estimate of drug-likeness (QED) is 0.652. The van der Waals surface area contributed by atoms with Gasteiger partial charge in [0.25, 0.3) is 5.91 Å². The molecule has 2 rings (SSSR count). The van der Waals surface area contributed by atoms with Crippen LogP contribution in [0, 0.1) is 5.92 Å². The van der Waals surface area contributed by atoms with E-state index in [2.05, 4.69) is 19.2 Å². The van der Waals surface area contributed by atoms with Crippen LogP contribution in [0.25, 0.3) is 0 Å². The van der Waals surface area contributed by atoms with Gasteiger partial charge in [-0.3, -0.25) is 9.59 Å². The number of fused-ring (bicyclic) bond motifs is 1. The summed E-state index contributed by atoms with van der Waals surface area (Å²) in [4.78, 5) is 23.8. The van der Waals surface area contributed by atoms with Crippen molar-refractivity contribution in [2.75, 3.05) is 6.54 Å². The molecule has 1 aromatic rings. The first kappa shape index (κ1) is 13.8. The number of amides is 1. The number of carbonyl (C=O) groups is 2. The third-order valence-electron chi connectivity index (χ3n) is 3.57. The highest BCUT2D eigenvalue weighted by Crippen LogP contribution is 2.22. The smallest absolute Gasteiger partial charge is 0.292 e. The van der Waals surface area contributed by atoms with Gasteiger partial charge < -0.3 is 5.32 Å². The number of nitrogens with one attached hydrogen (secondary N) is 1. The summed E-state index contributed by atoms with van der Waals surface area (Å²) in [6.07, 6.45) is 4.15. The van der Waals surface area contributed by atoms with E-state index in [1.807, 2.05) is 12.1 Å². The highest BCUT2D eigenvalue weighted by molar-refractivity contribution is 6.42. The molecule has 3 nitrogen and oxygen atoms in total. The predicted octanol–water partition coefficient (Wildman–Crippen LogP) is 2.52. The summed E-state index contributed by atoms with van der Waals surface area (Å²) in [5, 5.41) is 2.69. The van der Waals surface area contributed by atoms with Crippen molar-refractivity contribution in [3.05, 3.63) is 34.9 Å². The maximum absolute atomic E-state index is 12.0. The van der Waals surface area contributed by atoms with Gasteiger partial charge in [-0.15, -0.1) is 0 Å². The third-order valence-corrected chi connectivity index (χ3v) is 3.57. The molecule has 0 aliphatic heterocycles. The maximum atomic E-state index is 12.0. The Bertz CT molecular complexity index is 492. The third kappa shape index (κ3) is 3.43. The molecular formula is C16H21NO2. The van der Waals surface area contributed by atoms with Gasteiger partial charge in [0.1, 0.15) is 0 Å². The summed E-state index contributed by atoms with van der Waals surface area (Å²) in [5.41, 5.74) is 3.06. The largest absolute Gasteiger partial charge is 0.349 e. The van der Waals surface area contributed by atoms with Crippen molar-refractivity contribution in [3.8, 4) is 0 Å². The molecule has 0 fully saturated rings. The molecule has 102 valence electrons. The van der Waals surface area contributed by atoms with Crippen molar-refractivity contribution < 1.29 is 9.59 Å². The fraction of sp³-hybridized carbons (Fsp3) is 0.500. The van der Waals surface area contributed by atoms with Gasteiger partial charge in [-0.05, 0) is 48.8 Å². The van der Waals surface area contributed by atoms with Gasteiger partial charge in [0.2, 0.25) is 5.78 Å². The summed E-state index contributed by atoms with van der Waals surface area (Å²) in [5.74, 6) is -0.382. The number of ketones is 1. The first-order valence-corrected chi connectivity index (χ1v) is 7.02.